The zero-order valence-corrected chi connectivity index (χ0v) is 13.2. The van der Waals surface area contributed by atoms with E-state index >= 15 is 0 Å². The van der Waals surface area contributed by atoms with Gasteiger partial charge in [-0.05, 0) is 51.4 Å². The van der Waals surface area contributed by atoms with E-state index in [0.717, 1.165) is 23.9 Å². The van der Waals surface area contributed by atoms with Crippen LogP contribution >= 0.6 is 0 Å². The number of rotatable bonds is 5. The van der Waals surface area contributed by atoms with Crippen molar-refractivity contribution in [3.63, 3.8) is 0 Å². The highest BCUT2D eigenvalue weighted by atomic mass is 16.4. The summed E-state index contributed by atoms with van der Waals surface area (Å²) in [5.74, 6) is 2.37. The summed E-state index contributed by atoms with van der Waals surface area (Å²) in [5.41, 5.74) is 0.721. The Bertz CT molecular complexity index is 499. The summed E-state index contributed by atoms with van der Waals surface area (Å²) in [6.07, 6.45) is 9.78. The lowest BCUT2D eigenvalue weighted by atomic mass is 9.84. The standard InChI is InChI=1S/C17H26N2O2/c1-11(14-6-4-3-5-7-14)19-17(20)16-12(2)18-15(21-16)10-13-8-9-13/h11,13-14H,3-10H2,1-2H3,(H,19,20)/t11-/m1/s1. The molecule has 2 aliphatic rings. The Balaban J connectivity index is 1.59. The van der Waals surface area contributed by atoms with Crippen LogP contribution in [0, 0.1) is 18.8 Å². The second-order valence-corrected chi connectivity index (χ2v) is 6.83. The first-order valence-electron chi connectivity index (χ1n) is 8.40. The Morgan fingerprint density at radius 1 is 1.29 bits per heavy atom. The molecular formula is C17H26N2O2. The molecule has 4 heteroatoms. The minimum Gasteiger partial charge on any atom is -0.435 e. The van der Waals surface area contributed by atoms with Gasteiger partial charge in [0.05, 0.1) is 5.69 Å². The van der Waals surface area contributed by atoms with Crippen molar-refractivity contribution in [2.24, 2.45) is 11.8 Å². The summed E-state index contributed by atoms with van der Waals surface area (Å²) in [7, 11) is 0. The summed E-state index contributed by atoms with van der Waals surface area (Å²) < 4.78 is 5.69. The minimum atomic E-state index is -0.0971. The summed E-state index contributed by atoms with van der Waals surface area (Å²) in [4.78, 5) is 16.8. The van der Waals surface area contributed by atoms with Gasteiger partial charge in [-0.15, -0.1) is 0 Å². The molecule has 0 spiro atoms. The Morgan fingerprint density at radius 2 is 2.00 bits per heavy atom. The van der Waals surface area contributed by atoms with Gasteiger partial charge in [0.15, 0.2) is 5.89 Å². The van der Waals surface area contributed by atoms with Crippen LogP contribution < -0.4 is 5.32 Å². The van der Waals surface area contributed by atoms with Gasteiger partial charge in [-0.3, -0.25) is 4.79 Å². The van der Waals surface area contributed by atoms with E-state index in [-0.39, 0.29) is 11.9 Å². The predicted molar refractivity (Wildman–Crippen MR) is 81.2 cm³/mol. The molecule has 0 unspecified atom stereocenters. The highest BCUT2D eigenvalue weighted by molar-refractivity contribution is 5.92. The Hall–Kier alpha value is -1.32. The molecule has 0 bridgehead atoms. The number of amides is 1. The lowest BCUT2D eigenvalue weighted by Crippen LogP contribution is -2.39. The number of nitrogens with zero attached hydrogens (tertiary/aromatic N) is 1. The molecule has 0 aliphatic heterocycles. The molecule has 1 N–H and O–H groups in total. The molecule has 0 aromatic carbocycles. The molecule has 4 nitrogen and oxygen atoms in total. The van der Waals surface area contributed by atoms with Crippen molar-refractivity contribution in [2.75, 3.05) is 0 Å². The number of nitrogens with one attached hydrogen (secondary N) is 1. The van der Waals surface area contributed by atoms with Crippen molar-refractivity contribution in [3.8, 4) is 0 Å². The summed E-state index contributed by atoms with van der Waals surface area (Å²) >= 11 is 0. The van der Waals surface area contributed by atoms with Crippen molar-refractivity contribution in [1.29, 1.82) is 0 Å². The fourth-order valence-corrected chi connectivity index (χ4v) is 3.34. The first kappa shape index (κ1) is 14.6. The predicted octanol–water partition coefficient (Wildman–Crippen LogP) is 3.63. The van der Waals surface area contributed by atoms with E-state index in [9.17, 15) is 4.79 Å². The monoisotopic (exact) mass is 290 g/mol. The van der Waals surface area contributed by atoms with E-state index in [1.165, 1.54) is 44.9 Å². The highest BCUT2D eigenvalue weighted by Crippen LogP contribution is 2.32. The van der Waals surface area contributed by atoms with E-state index in [0.29, 0.717) is 11.7 Å². The van der Waals surface area contributed by atoms with Crippen LogP contribution in [0.4, 0.5) is 0 Å². The quantitative estimate of drug-likeness (QED) is 0.901. The molecule has 0 radical (unpaired) electrons. The zero-order valence-electron chi connectivity index (χ0n) is 13.2. The lowest BCUT2D eigenvalue weighted by Gasteiger charge is -2.27. The molecule has 2 saturated carbocycles. The SMILES string of the molecule is Cc1nc(CC2CC2)oc1C(=O)N[C@H](C)C1CCCCC1. The van der Waals surface area contributed by atoms with Gasteiger partial charge in [0.2, 0.25) is 5.76 Å². The van der Waals surface area contributed by atoms with Crippen molar-refractivity contribution >= 4 is 5.91 Å². The van der Waals surface area contributed by atoms with Crippen LogP contribution in [0.1, 0.15) is 74.0 Å². The number of carbonyl (C=O) groups is 1. The first-order chi connectivity index (χ1) is 10.1. The molecule has 1 heterocycles. The topological polar surface area (TPSA) is 55.1 Å². The second-order valence-electron chi connectivity index (χ2n) is 6.83. The van der Waals surface area contributed by atoms with Crippen LogP contribution in [-0.4, -0.2) is 16.9 Å². The third kappa shape index (κ3) is 3.66. The summed E-state index contributed by atoms with van der Waals surface area (Å²) in [6, 6.07) is 0.217. The van der Waals surface area contributed by atoms with Crippen molar-refractivity contribution in [3.05, 3.63) is 17.3 Å². The maximum Gasteiger partial charge on any atom is 0.289 e. The van der Waals surface area contributed by atoms with Gasteiger partial charge in [0.25, 0.3) is 5.91 Å². The molecule has 1 aromatic rings. The number of hydrogen-bond acceptors (Lipinski definition) is 3. The van der Waals surface area contributed by atoms with Crippen molar-refractivity contribution in [2.45, 2.75) is 71.3 Å². The maximum absolute atomic E-state index is 12.4. The van der Waals surface area contributed by atoms with Gasteiger partial charge in [-0.2, -0.15) is 0 Å². The Morgan fingerprint density at radius 3 is 2.67 bits per heavy atom. The number of carbonyl (C=O) groups excluding carboxylic acids is 1. The van der Waals surface area contributed by atoms with Gasteiger partial charge < -0.3 is 9.73 Å². The molecule has 1 amide bonds. The fourth-order valence-electron chi connectivity index (χ4n) is 3.34. The molecule has 21 heavy (non-hydrogen) atoms. The number of aromatic nitrogens is 1. The van der Waals surface area contributed by atoms with Crippen molar-refractivity contribution in [1.82, 2.24) is 10.3 Å². The smallest absolute Gasteiger partial charge is 0.289 e. The first-order valence-corrected chi connectivity index (χ1v) is 8.40. The molecular weight excluding hydrogens is 264 g/mol. The van der Waals surface area contributed by atoms with Gasteiger partial charge in [0, 0.05) is 12.5 Å². The van der Waals surface area contributed by atoms with E-state index in [1.54, 1.807) is 0 Å². The average molecular weight is 290 g/mol. The molecule has 116 valence electrons. The molecule has 1 aromatic heterocycles. The maximum atomic E-state index is 12.4. The van der Waals surface area contributed by atoms with Crippen LogP contribution in [0.3, 0.4) is 0 Å². The molecule has 0 saturated heterocycles. The van der Waals surface area contributed by atoms with E-state index < -0.39 is 0 Å². The molecule has 3 rings (SSSR count). The normalized spacial score (nSPS) is 21.2. The third-order valence-corrected chi connectivity index (χ3v) is 4.92. The van der Waals surface area contributed by atoms with Crippen LogP contribution in [0.15, 0.2) is 4.42 Å². The minimum absolute atomic E-state index is 0.0971. The fraction of sp³-hybridized carbons (Fsp3) is 0.765. The van der Waals surface area contributed by atoms with E-state index in [4.69, 9.17) is 4.42 Å². The summed E-state index contributed by atoms with van der Waals surface area (Å²) in [6.45, 7) is 3.98. The molecule has 2 aliphatic carbocycles. The number of aryl methyl sites for hydroxylation is 1. The van der Waals surface area contributed by atoms with E-state index in [2.05, 4.69) is 17.2 Å². The zero-order chi connectivity index (χ0) is 14.8. The van der Waals surface area contributed by atoms with Crippen LogP contribution in [-0.2, 0) is 6.42 Å². The number of oxazole rings is 1. The number of hydrogen-bond donors (Lipinski definition) is 1. The molecule has 1 atom stereocenters. The average Bonchev–Trinajstić information content (AvgIpc) is 3.21. The van der Waals surface area contributed by atoms with Gasteiger partial charge in [-0.25, -0.2) is 4.98 Å². The third-order valence-electron chi connectivity index (χ3n) is 4.92. The Kier molecular flexibility index (Phi) is 4.32. The van der Waals surface area contributed by atoms with Crippen LogP contribution in [0.2, 0.25) is 0 Å². The largest absolute Gasteiger partial charge is 0.435 e. The van der Waals surface area contributed by atoms with Crippen molar-refractivity contribution < 1.29 is 9.21 Å². The van der Waals surface area contributed by atoms with Gasteiger partial charge in [-0.1, -0.05) is 19.3 Å². The second kappa shape index (κ2) is 6.20. The van der Waals surface area contributed by atoms with Crippen LogP contribution in [0.5, 0.6) is 0 Å². The van der Waals surface area contributed by atoms with Gasteiger partial charge in [0.1, 0.15) is 0 Å². The Labute approximate surface area is 126 Å². The molecule has 2 fully saturated rings. The van der Waals surface area contributed by atoms with Crippen LogP contribution in [0.25, 0.3) is 0 Å². The lowest BCUT2D eigenvalue weighted by molar-refractivity contribution is 0.0888. The summed E-state index contributed by atoms with van der Waals surface area (Å²) in [5, 5.41) is 3.12. The van der Waals surface area contributed by atoms with E-state index in [1.807, 2.05) is 6.92 Å². The highest BCUT2D eigenvalue weighted by Gasteiger charge is 2.27. The van der Waals surface area contributed by atoms with Gasteiger partial charge >= 0.3 is 0 Å².